The van der Waals surface area contributed by atoms with Crippen molar-refractivity contribution < 1.29 is 18.3 Å². The van der Waals surface area contributed by atoms with Gasteiger partial charge in [0.25, 0.3) is 0 Å². The molecule has 2 unspecified atom stereocenters. The lowest BCUT2D eigenvalue weighted by molar-refractivity contribution is -0.0504. The fourth-order valence-corrected chi connectivity index (χ4v) is 3.63. The summed E-state index contributed by atoms with van der Waals surface area (Å²) in [5, 5.41) is 6.59. The van der Waals surface area contributed by atoms with E-state index < -0.39 is 6.61 Å². The van der Waals surface area contributed by atoms with Crippen LogP contribution in [0.5, 0.6) is 5.75 Å². The van der Waals surface area contributed by atoms with Gasteiger partial charge in [-0.3, -0.25) is 0 Å². The van der Waals surface area contributed by atoms with E-state index in [-0.39, 0.29) is 18.4 Å². The lowest BCUT2D eigenvalue weighted by Crippen LogP contribution is -2.40. The Morgan fingerprint density at radius 2 is 2.00 bits per heavy atom. The molecule has 30 heavy (non-hydrogen) atoms. The Kier molecular flexibility index (Phi) is 8.02. The third kappa shape index (κ3) is 6.16. The number of aliphatic imine (C=N–C) groups is 1. The number of ether oxygens (including phenoxy) is 2. The van der Waals surface area contributed by atoms with Gasteiger partial charge in [-0.2, -0.15) is 8.78 Å². The molecule has 5 nitrogen and oxygen atoms in total. The molecule has 0 radical (unpaired) electrons. The largest absolute Gasteiger partial charge is 0.434 e. The summed E-state index contributed by atoms with van der Waals surface area (Å²) in [4.78, 5) is 4.58. The van der Waals surface area contributed by atoms with Gasteiger partial charge in [-0.05, 0) is 31.9 Å². The van der Waals surface area contributed by atoms with Gasteiger partial charge in [-0.15, -0.1) is 0 Å². The van der Waals surface area contributed by atoms with E-state index in [9.17, 15) is 8.78 Å². The molecule has 3 rings (SSSR count). The smallest absolute Gasteiger partial charge is 0.387 e. The summed E-state index contributed by atoms with van der Waals surface area (Å²) < 4.78 is 36.0. The number of nitrogens with one attached hydrogen (secondary N) is 2. The average Bonchev–Trinajstić information content (AvgIpc) is 3.21. The molecule has 0 amide bonds. The summed E-state index contributed by atoms with van der Waals surface area (Å²) in [5.41, 5.74) is 2.77. The molecule has 0 spiro atoms. The van der Waals surface area contributed by atoms with Gasteiger partial charge < -0.3 is 20.1 Å². The van der Waals surface area contributed by atoms with Crippen LogP contribution in [0.15, 0.2) is 53.5 Å². The molecule has 0 bridgehead atoms. The highest BCUT2D eigenvalue weighted by molar-refractivity contribution is 5.79. The minimum absolute atomic E-state index is 0.0596. The van der Waals surface area contributed by atoms with Crippen molar-refractivity contribution in [2.75, 3.05) is 19.7 Å². The van der Waals surface area contributed by atoms with Crippen LogP contribution in [0.3, 0.4) is 0 Å². The van der Waals surface area contributed by atoms with Crippen LogP contribution >= 0.6 is 0 Å². The predicted molar refractivity (Wildman–Crippen MR) is 114 cm³/mol. The van der Waals surface area contributed by atoms with Crippen LogP contribution in [-0.2, 0) is 11.3 Å². The molecule has 1 aliphatic rings. The SMILES string of the molecule is CCNC(=NCc1cc(C)ccc1OC(F)F)NCC1CCOC1c1ccccc1. The molecule has 2 N–H and O–H groups in total. The first kappa shape index (κ1) is 22.0. The van der Waals surface area contributed by atoms with Gasteiger partial charge in [0.1, 0.15) is 5.75 Å². The summed E-state index contributed by atoms with van der Waals surface area (Å²) in [7, 11) is 0. The number of halogens is 2. The van der Waals surface area contributed by atoms with Crippen molar-refractivity contribution >= 4 is 5.96 Å². The molecule has 2 aromatic carbocycles. The van der Waals surface area contributed by atoms with Crippen molar-refractivity contribution in [1.82, 2.24) is 10.6 Å². The Bertz CT molecular complexity index is 830. The molecule has 0 saturated carbocycles. The zero-order valence-corrected chi connectivity index (χ0v) is 17.4. The van der Waals surface area contributed by atoms with Gasteiger partial charge in [0.15, 0.2) is 5.96 Å². The fraction of sp³-hybridized carbons (Fsp3) is 0.435. The first-order chi connectivity index (χ1) is 14.6. The maximum atomic E-state index is 12.7. The topological polar surface area (TPSA) is 54.9 Å². The molecule has 1 saturated heterocycles. The van der Waals surface area contributed by atoms with Crippen molar-refractivity contribution in [3.05, 3.63) is 65.2 Å². The Hall–Kier alpha value is -2.67. The highest BCUT2D eigenvalue weighted by Crippen LogP contribution is 2.33. The molecular weight excluding hydrogens is 388 g/mol. The van der Waals surface area contributed by atoms with Crippen LogP contribution in [0.4, 0.5) is 8.78 Å². The van der Waals surface area contributed by atoms with E-state index in [1.54, 1.807) is 12.1 Å². The van der Waals surface area contributed by atoms with Crippen molar-refractivity contribution in [3.63, 3.8) is 0 Å². The number of guanidine groups is 1. The van der Waals surface area contributed by atoms with Crippen LogP contribution in [0.2, 0.25) is 0 Å². The molecule has 1 fully saturated rings. The Morgan fingerprint density at radius 3 is 2.73 bits per heavy atom. The molecule has 7 heteroatoms. The number of alkyl halides is 2. The third-order valence-electron chi connectivity index (χ3n) is 5.06. The van der Waals surface area contributed by atoms with Gasteiger partial charge in [-0.25, -0.2) is 4.99 Å². The lowest BCUT2D eigenvalue weighted by Gasteiger charge is -2.21. The number of rotatable bonds is 8. The normalized spacial score (nSPS) is 19.2. The van der Waals surface area contributed by atoms with E-state index in [2.05, 4.69) is 32.5 Å². The maximum absolute atomic E-state index is 12.7. The molecule has 1 aliphatic heterocycles. The third-order valence-corrected chi connectivity index (χ3v) is 5.06. The molecule has 0 aliphatic carbocycles. The van der Waals surface area contributed by atoms with Gasteiger partial charge in [0, 0.05) is 31.2 Å². The van der Waals surface area contributed by atoms with Crippen molar-refractivity contribution in [3.8, 4) is 5.75 Å². The first-order valence-electron chi connectivity index (χ1n) is 10.3. The summed E-state index contributed by atoms with van der Waals surface area (Å²) >= 11 is 0. The van der Waals surface area contributed by atoms with E-state index in [1.165, 1.54) is 5.56 Å². The van der Waals surface area contributed by atoms with E-state index in [4.69, 9.17) is 4.74 Å². The number of benzene rings is 2. The van der Waals surface area contributed by atoms with E-state index in [0.717, 1.165) is 18.6 Å². The van der Waals surface area contributed by atoms with E-state index in [1.807, 2.05) is 38.1 Å². The van der Waals surface area contributed by atoms with Crippen LogP contribution < -0.4 is 15.4 Å². The predicted octanol–water partition coefficient (Wildman–Crippen LogP) is 4.43. The minimum atomic E-state index is -2.86. The number of hydrogen-bond donors (Lipinski definition) is 2. The molecule has 2 aromatic rings. The monoisotopic (exact) mass is 417 g/mol. The van der Waals surface area contributed by atoms with Crippen molar-refractivity contribution in [1.29, 1.82) is 0 Å². The van der Waals surface area contributed by atoms with Crippen molar-refractivity contribution in [2.45, 2.75) is 39.5 Å². The number of hydrogen-bond acceptors (Lipinski definition) is 3. The Morgan fingerprint density at radius 1 is 1.20 bits per heavy atom. The zero-order valence-electron chi connectivity index (χ0n) is 17.4. The molecule has 0 aromatic heterocycles. The summed E-state index contributed by atoms with van der Waals surface area (Å²) in [6.07, 6.45) is 1.03. The minimum Gasteiger partial charge on any atom is -0.434 e. The van der Waals surface area contributed by atoms with Gasteiger partial charge >= 0.3 is 6.61 Å². The summed E-state index contributed by atoms with van der Waals surface area (Å²) in [5.74, 6) is 1.12. The first-order valence-corrected chi connectivity index (χ1v) is 10.3. The van der Waals surface area contributed by atoms with Gasteiger partial charge in [0.05, 0.1) is 12.6 Å². The summed E-state index contributed by atoms with van der Waals surface area (Å²) in [6, 6.07) is 15.3. The van der Waals surface area contributed by atoms with Gasteiger partial charge in [-0.1, -0.05) is 48.0 Å². The van der Waals surface area contributed by atoms with Gasteiger partial charge in [0.2, 0.25) is 0 Å². The highest BCUT2D eigenvalue weighted by Gasteiger charge is 2.29. The summed E-state index contributed by atoms with van der Waals surface area (Å²) in [6.45, 7) is 3.41. The van der Waals surface area contributed by atoms with Crippen LogP contribution in [-0.4, -0.2) is 32.3 Å². The number of nitrogens with zero attached hydrogens (tertiary/aromatic N) is 1. The second-order valence-corrected chi connectivity index (χ2v) is 7.32. The van der Waals surface area contributed by atoms with E-state index in [0.29, 0.717) is 30.5 Å². The van der Waals surface area contributed by atoms with Crippen LogP contribution in [0.25, 0.3) is 0 Å². The van der Waals surface area contributed by atoms with Crippen LogP contribution in [0.1, 0.15) is 36.1 Å². The molecule has 2 atom stereocenters. The quantitative estimate of drug-likeness (QED) is 0.493. The standard InChI is InChI=1S/C23H29F2N3O2/c1-3-26-23(28-15-19-13-16(2)9-10-20(19)30-22(24)25)27-14-18-11-12-29-21(18)17-7-5-4-6-8-17/h4-10,13,18,21-22H,3,11-12,14-15H2,1-2H3,(H2,26,27,28). The highest BCUT2D eigenvalue weighted by atomic mass is 19.3. The van der Waals surface area contributed by atoms with E-state index >= 15 is 0 Å². The maximum Gasteiger partial charge on any atom is 0.387 e. The lowest BCUT2D eigenvalue weighted by atomic mass is 9.95. The Labute approximate surface area is 176 Å². The fourth-order valence-electron chi connectivity index (χ4n) is 3.63. The zero-order chi connectivity index (χ0) is 21.3. The molecular formula is C23H29F2N3O2. The average molecular weight is 418 g/mol. The van der Waals surface area contributed by atoms with Crippen molar-refractivity contribution in [2.24, 2.45) is 10.9 Å². The van der Waals surface area contributed by atoms with Crippen LogP contribution in [0, 0.1) is 12.8 Å². The second kappa shape index (κ2) is 10.9. The number of aryl methyl sites for hydroxylation is 1. The molecule has 1 heterocycles. The second-order valence-electron chi connectivity index (χ2n) is 7.32. The Balaban J connectivity index is 1.66. The molecule has 162 valence electrons.